The Labute approximate surface area is 143 Å². The first-order valence-corrected chi connectivity index (χ1v) is 8.72. The standard InChI is InChI=1S/C16H18ClN3O2S/c1-2-3-6-11-9-14(21)20-16(18-11)23-10-15(22)19-13-8-5-4-7-12(13)17/h4-5,7-9H,2-3,6,10H2,1H3,(H,19,22)(H,18,20,21). The summed E-state index contributed by atoms with van der Waals surface area (Å²) in [4.78, 5) is 30.6. The van der Waals surface area contributed by atoms with Gasteiger partial charge in [0.15, 0.2) is 5.16 Å². The molecule has 0 unspecified atom stereocenters. The van der Waals surface area contributed by atoms with Crippen molar-refractivity contribution in [1.29, 1.82) is 0 Å². The van der Waals surface area contributed by atoms with Crippen LogP contribution in [0.2, 0.25) is 5.02 Å². The monoisotopic (exact) mass is 351 g/mol. The third kappa shape index (κ3) is 5.73. The normalized spacial score (nSPS) is 10.5. The summed E-state index contributed by atoms with van der Waals surface area (Å²) in [6, 6.07) is 8.54. The zero-order chi connectivity index (χ0) is 16.7. The Morgan fingerprint density at radius 1 is 1.39 bits per heavy atom. The predicted octanol–water partition coefficient (Wildman–Crippen LogP) is 3.50. The first kappa shape index (κ1) is 17.6. The average molecular weight is 352 g/mol. The Kier molecular flexibility index (Phi) is 6.67. The summed E-state index contributed by atoms with van der Waals surface area (Å²) in [7, 11) is 0. The number of H-pyrrole nitrogens is 1. The summed E-state index contributed by atoms with van der Waals surface area (Å²) < 4.78 is 0. The number of carbonyl (C=O) groups is 1. The van der Waals surface area contributed by atoms with Crippen LogP contribution in [0.3, 0.4) is 0 Å². The van der Waals surface area contributed by atoms with Crippen LogP contribution in [0.4, 0.5) is 5.69 Å². The Morgan fingerprint density at radius 3 is 2.91 bits per heavy atom. The number of hydrogen-bond acceptors (Lipinski definition) is 4. The van der Waals surface area contributed by atoms with Crippen molar-refractivity contribution in [3.63, 3.8) is 0 Å². The zero-order valence-corrected chi connectivity index (χ0v) is 14.3. The molecule has 0 bridgehead atoms. The van der Waals surface area contributed by atoms with Crippen LogP contribution >= 0.6 is 23.4 Å². The van der Waals surface area contributed by atoms with E-state index in [2.05, 4.69) is 22.2 Å². The number of carbonyl (C=O) groups excluding carboxylic acids is 1. The molecule has 0 saturated carbocycles. The molecule has 0 aliphatic rings. The van der Waals surface area contributed by atoms with Gasteiger partial charge in [0.1, 0.15) is 0 Å². The van der Waals surface area contributed by atoms with Crippen molar-refractivity contribution in [3.8, 4) is 0 Å². The maximum absolute atomic E-state index is 12.0. The second-order valence-electron chi connectivity index (χ2n) is 4.96. The number of halogens is 1. The van der Waals surface area contributed by atoms with E-state index in [-0.39, 0.29) is 17.2 Å². The van der Waals surface area contributed by atoms with Crippen LogP contribution in [-0.4, -0.2) is 21.6 Å². The van der Waals surface area contributed by atoms with Crippen LogP contribution in [0.5, 0.6) is 0 Å². The highest BCUT2D eigenvalue weighted by Gasteiger charge is 2.08. The molecule has 1 amide bonds. The molecular formula is C16H18ClN3O2S. The highest BCUT2D eigenvalue weighted by atomic mass is 35.5. The number of para-hydroxylation sites is 1. The van der Waals surface area contributed by atoms with E-state index < -0.39 is 0 Å². The van der Waals surface area contributed by atoms with Crippen molar-refractivity contribution in [3.05, 3.63) is 51.4 Å². The number of thioether (sulfide) groups is 1. The lowest BCUT2D eigenvalue weighted by atomic mass is 10.2. The highest BCUT2D eigenvalue weighted by Crippen LogP contribution is 2.21. The molecule has 122 valence electrons. The number of rotatable bonds is 7. The zero-order valence-electron chi connectivity index (χ0n) is 12.8. The third-order valence-corrected chi connectivity index (χ3v) is 4.25. The minimum atomic E-state index is -0.204. The predicted molar refractivity (Wildman–Crippen MR) is 94.3 cm³/mol. The van der Waals surface area contributed by atoms with Crippen LogP contribution in [0.25, 0.3) is 0 Å². The lowest BCUT2D eigenvalue weighted by molar-refractivity contribution is -0.113. The van der Waals surface area contributed by atoms with Crippen LogP contribution in [0.15, 0.2) is 40.3 Å². The van der Waals surface area contributed by atoms with Crippen molar-refractivity contribution >= 4 is 35.0 Å². The molecule has 0 saturated heterocycles. The molecule has 0 aliphatic carbocycles. The summed E-state index contributed by atoms with van der Waals surface area (Å²) >= 11 is 7.19. The maximum atomic E-state index is 12.0. The van der Waals surface area contributed by atoms with Gasteiger partial charge in [-0.15, -0.1) is 0 Å². The Balaban J connectivity index is 1.95. The molecule has 5 nitrogen and oxygen atoms in total. The van der Waals surface area contributed by atoms with Crippen LogP contribution < -0.4 is 10.9 Å². The average Bonchev–Trinajstić information content (AvgIpc) is 2.53. The van der Waals surface area contributed by atoms with Gasteiger partial charge in [0.2, 0.25) is 5.91 Å². The molecular weight excluding hydrogens is 334 g/mol. The van der Waals surface area contributed by atoms with Gasteiger partial charge in [0.25, 0.3) is 5.56 Å². The molecule has 2 aromatic rings. The second kappa shape index (κ2) is 8.74. The smallest absolute Gasteiger partial charge is 0.251 e. The number of anilines is 1. The molecule has 0 radical (unpaired) electrons. The second-order valence-corrected chi connectivity index (χ2v) is 6.33. The van der Waals surface area contributed by atoms with E-state index >= 15 is 0 Å². The highest BCUT2D eigenvalue weighted by molar-refractivity contribution is 7.99. The number of aromatic nitrogens is 2. The molecule has 0 aliphatic heterocycles. The van der Waals surface area contributed by atoms with E-state index in [0.717, 1.165) is 25.0 Å². The van der Waals surface area contributed by atoms with Gasteiger partial charge in [-0.2, -0.15) is 0 Å². The van der Waals surface area contributed by atoms with Crippen molar-refractivity contribution in [2.75, 3.05) is 11.1 Å². The summed E-state index contributed by atoms with van der Waals surface area (Å²) in [5.41, 5.74) is 1.13. The molecule has 1 aromatic carbocycles. The molecule has 0 fully saturated rings. The van der Waals surface area contributed by atoms with E-state index in [1.165, 1.54) is 17.8 Å². The molecule has 1 heterocycles. The van der Waals surface area contributed by atoms with Crippen LogP contribution in [0, 0.1) is 0 Å². The third-order valence-electron chi connectivity index (χ3n) is 3.05. The molecule has 1 aromatic heterocycles. The SMILES string of the molecule is CCCCc1cc(=O)[nH]c(SCC(=O)Nc2ccccc2Cl)n1. The van der Waals surface area contributed by atoms with Gasteiger partial charge in [-0.1, -0.05) is 48.8 Å². The Bertz CT molecular complexity index is 733. The number of hydrogen-bond donors (Lipinski definition) is 2. The molecule has 0 atom stereocenters. The topological polar surface area (TPSA) is 74.8 Å². The minimum absolute atomic E-state index is 0.144. The van der Waals surface area contributed by atoms with Gasteiger partial charge in [-0.3, -0.25) is 9.59 Å². The number of benzene rings is 1. The number of nitrogens with one attached hydrogen (secondary N) is 2. The van der Waals surface area contributed by atoms with E-state index in [9.17, 15) is 9.59 Å². The maximum Gasteiger partial charge on any atom is 0.251 e. The van der Waals surface area contributed by atoms with E-state index in [1.807, 2.05) is 0 Å². The van der Waals surface area contributed by atoms with E-state index in [4.69, 9.17) is 11.6 Å². The van der Waals surface area contributed by atoms with Gasteiger partial charge in [-0.25, -0.2) is 4.98 Å². The summed E-state index contributed by atoms with van der Waals surface area (Å²) in [5.74, 6) is -0.0597. The number of amides is 1. The molecule has 23 heavy (non-hydrogen) atoms. The molecule has 0 spiro atoms. The Morgan fingerprint density at radius 2 is 2.17 bits per heavy atom. The largest absolute Gasteiger partial charge is 0.324 e. The van der Waals surface area contributed by atoms with E-state index in [1.54, 1.807) is 24.3 Å². The summed E-state index contributed by atoms with van der Waals surface area (Å²) in [5, 5.41) is 3.67. The molecule has 7 heteroatoms. The van der Waals surface area contributed by atoms with Gasteiger partial charge in [-0.05, 0) is 25.0 Å². The number of nitrogens with zero attached hydrogens (tertiary/aromatic N) is 1. The number of unbranched alkanes of at least 4 members (excludes halogenated alkanes) is 1. The number of aryl methyl sites for hydroxylation is 1. The van der Waals surface area contributed by atoms with Crippen molar-refractivity contribution < 1.29 is 4.79 Å². The van der Waals surface area contributed by atoms with Crippen molar-refractivity contribution in [2.24, 2.45) is 0 Å². The fourth-order valence-electron chi connectivity index (χ4n) is 1.92. The summed E-state index contributed by atoms with van der Waals surface area (Å²) in [6.45, 7) is 2.09. The van der Waals surface area contributed by atoms with Gasteiger partial charge in [0.05, 0.1) is 16.5 Å². The fourth-order valence-corrected chi connectivity index (χ4v) is 2.80. The lowest BCUT2D eigenvalue weighted by Crippen LogP contribution is -2.16. The molecule has 2 rings (SSSR count). The quantitative estimate of drug-likeness (QED) is 0.591. The minimum Gasteiger partial charge on any atom is -0.324 e. The van der Waals surface area contributed by atoms with Crippen LogP contribution in [0.1, 0.15) is 25.5 Å². The first-order chi connectivity index (χ1) is 11.1. The van der Waals surface area contributed by atoms with Crippen molar-refractivity contribution in [2.45, 2.75) is 31.3 Å². The van der Waals surface area contributed by atoms with Crippen LogP contribution in [-0.2, 0) is 11.2 Å². The van der Waals surface area contributed by atoms with E-state index in [0.29, 0.717) is 15.9 Å². The van der Waals surface area contributed by atoms with Gasteiger partial charge < -0.3 is 10.3 Å². The first-order valence-electron chi connectivity index (χ1n) is 7.36. The summed E-state index contributed by atoms with van der Waals surface area (Å²) in [6.07, 6.45) is 2.78. The van der Waals surface area contributed by atoms with Gasteiger partial charge >= 0.3 is 0 Å². The van der Waals surface area contributed by atoms with Gasteiger partial charge in [0, 0.05) is 11.8 Å². The molecule has 2 N–H and O–H groups in total. The fraction of sp³-hybridized carbons (Fsp3) is 0.312. The Hall–Kier alpha value is -1.79. The number of aromatic amines is 1. The lowest BCUT2D eigenvalue weighted by Gasteiger charge is -2.07. The van der Waals surface area contributed by atoms with Crippen molar-refractivity contribution in [1.82, 2.24) is 9.97 Å².